The quantitative estimate of drug-likeness (QED) is 0.777. The van der Waals surface area contributed by atoms with Crippen LogP contribution in [0.1, 0.15) is 10.6 Å². The van der Waals surface area contributed by atoms with Gasteiger partial charge < -0.3 is 5.32 Å². The summed E-state index contributed by atoms with van der Waals surface area (Å²) in [6, 6.07) is 11.8. The maximum atomic E-state index is 12.0. The van der Waals surface area contributed by atoms with E-state index in [9.17, 15) is 4.79 Å². The third-order valence-corrected chi connectivity index (χ3v) is 4.68. The van der Waals surface area contributed by atoms with Crippen molar-refractivity contribution < 1.29 is 4.79 Å². The van der Waals surface area contributed by atoms with Gasteiger partial charge in [0.15, 0.2) is 0 Å². The predicted molar refractivity (Wildman–Crippen MR) is 88.9 cm³/mol. The standard InChI is InChI=1S/C16H14N2OS2/c1-11-4-2-5-12(8-11)17-15(19)9-16-18-13(10-21-16)14-6-3-7-20-14/h2-8,10H,9H2,1H3,(H,17,19). The molecule has 1 N–H and O–H groups in total. The van der Waals surface area contributed by atoms with Crippen LogP contribution in [0.25, 0.3) is 10.6 Å². The van der Waals surface area contributed by atoms with Gasteiger partial charge in [-0.25, -0.2) is 4.98 Å². The Bertz CT molecular complexity index is 747. The topological polar surface area (TPSA) is 42.0 Å². The van der Waals surface area contributed by atoms with E-state index in [1.54, 1.807) is 11.3 Å². The Hall–Kier alpha value is -1.98. The van der Waals surface area contributed by atoms with E-state index in [1.807, 2.05) is 54.1 Å². The Kier molecular flexibility index (Phi) is 4.13. The number of benzene rings is 1. The SMILES string of the molecule is Cc1cccc(NC(=O)Cc2nc(-c3cccs3)cs2)c1. The third kappa shape index (κ3) is 3.56. The number of hydrogen-bond acceptors (Lipinski definition) is 4. The molecule has 1 amide bonds. The second-order valence-electron chi connectivity index (χ2n) is 4.70. The first-order chi connectivity index (χ1) is 10.2. The smallest absolute Gasteiger partial charge is 0.231 e. The fourth-order valence-corrected chi connectivity index (χ4v) is 3.55. The number of amides is 1. The average Bonchev–Trinajstić information content (AvgIpc) is 3.08. The lowest BCUT2D eigenvalue weighted by molar-refractivity contribution is -0.115. The molecular formula is C16H14N2OS2. The molecule has 0 spiro atoms. The minimum absolute atomic E-state index is 0.0346. The monoisotopic (exact) mass is 314 g/mol. The molecule has 2 heterocycles. The number of aryl methyl sites for hydroxylation is 1. The van der Waals surface area contributed by atoms with Crippen molar-refractivity contribution in [3.05, 3.63) is 57.7 Å². The van der Waals surface area contributed by atoms with Gasteiger partial charge in [0, 0.05) is 11.1 Å². The van der Waals surface area contributed by atoms with E-state index in [-0.39, 0.29) is 5.91 Å². The molecule has 0 unspecified atom stereocenters. The lowest BCUT2D eigenvalue weighted by Gasteiger charge is -2.04. The highest BCUT2D eigenvalue weighted by molar-refractivity contribution is 7.14. The summed E-state index contributed by atoms with van der Waals surface area (Å²) < 4.78 is 0. The number of anilines is 1. The first-order valence-electron chi connectivity index (χ1n) is 6.55. The summed E-state index contributed by atoms with van der Waals surface area (Å²) in [5.74, 6) is -0.0346. The Labute approximate surface area is 131 Å². The molecule has 0 aliphatic carbocycles. The molecule has 0 aliphatic rings. The van der Waals surface area contributed by atoms with Crippen LogP contribution in [0.15, 0.2) is 47.2 Å². The van der Waals surface area contributed by atoms with Crippen molar-refractivity contribution in [3.63, 3.8) is 0 Å². The summed E-state index contributed by atoms with van der Waals surface area (Å²) in [5, 5.41) is 7.77. The Morgan fingerprint density at radius 3 is 2.90 bits per heavy atom. The van der Waals surface area contributed by atoms with Crippen molar-refractivity contribution in [1.82, 2.24) is 4.98 Å². The fourth-order valence-electron chi connectivity index (χ4n) is 1.99. The summed E-state index contributed by atoms with van der Waals surface area (Å²) in [4.78, 5) is 17.7. The van der Waals surface area contributed by atoms with Crippen LogP contribution in [0.4, 0.5) is 5.69 Å². The number of hydrogen-bond donors (Lipinski definition) is 1. The summed E-state index contributed by atoms with van der Waals surface area (Å²) >= 11 is 3.18. The number of thiophene rings is 1. The van der Waals surface area contributed by atoms with Gasteiger partial charge in [0.2, 0.25) is 5.91 Å². The fraction of sp³-hybridized carbons (Fsp3) is 0.125. The molecule has 0 saturated heterocycles. The number of nitrogens with zero attached hydrogens (tertiary/aromatic N) is 1. The second-order valence-corrected chi connectivity index (χ2v) is 6.59. The maximum absolute atomic E-state index is 12.0. The van der Waals surface area contributed by atoms with Gasteiger partial charge in [-0.3, -0.25) is 4.79 Å². The summed E-state index contributed by atoms with van der Waals surface area (Å²) in [5.41, 5.74) is 2.91. The molecule has 3 nitrogen and oxygen atoms in total. The van der Waals surface area contributed by atoms with Gasteiger partial charge in [0.25, 0.3) is 0 Å². The van der Waals surface area contributed by atoms with Crippen LogP contribution in [0, 0.1) is 6.92 Å². The van der Waals surface area contributed by atoms with Crippen LogP contribution in [0.5, 0.6) is 0 Å². The van der Waals surface area contributed by atoms with Crippen molar-refractivity contribution >= 4 is 34.3 Å². The molecule has 0 saturated carbocycles. The number of carbonyl (C=O) groups is 1. The Morgan fingerprint density at radius 2 is 2.14 bits per heavy atom. The van der Waals surface area contributed by atoms with E-state index >= 15 is 0 Å². The zero-order chi connectivity index (χ0) is 14.7. The van der Waals surface area contributed by atoms with Gasteiger partial charge >= 0.3 is 0 Å². The lowest BCUT2D eigenvalue weighted by Crippen LogP contribution is -2.14. The van der Waals surface area contributed by atoms with Crippen molar-refractivity contribution in [2.45, 2.75) is 13.3 Å². The summed E-state index contributed by atoms with van der Waals surface area (Å²) in [7, 11) is 0. The van der Waals surface area contributed by atoms with Crippen LogP contribution >= 0.6 is 22.7 Å². The molecule has 0 bridgehead atoms. The normalized spacial score (nSPS) is 10.5. The van der Waals surface area contributed by atoms with Gasteiger partial charge in [-0.1, -0.05) is 18.2 Å². The van der Waals surface area contributed by atoms with E-state index in [4.69, 9.17) is 0 Å². The van der Waals surface area contributed by atoms with Crippen LogP contribution in [0.3, 0.4) is 0 Å². The molecule has 3 aromatic rings. The van der Waals surface area contributed by atoms with E-state index in [2.05, 4.69) is 10.3 Å². The average molecular weight is 314 g/mol. The Morgan fingerprint density at radius 1 is 1.24 bits per heavy atom. The highest BCUT2D eigenvalue weighted by Crippen LogP contribution is 2.26. The molecule has 0 fully saturated rings. The summed E-state index contributed by atoms with van der Waals surface area (Å²) in [6.07, 6.45) is 0.310. The van der Waals surface area contributed by atoms with Gasteiger partial charge in [-0.05, 0) is 36.1 Å². The molecule has 3 rings (SSSR count). The van der Waals surface area contributed by atoms with Gasteiger partial charge in [-0.15, -0.1) is 22.7 Å². The molecule has 2 aromatic heterocycles. The van der Waals surface area contributed by atoms with Crippen LogP contribution in [0.2, 0.25) is 0 Å². The minimum atomic E-state index is -0.0346. The van der Waals surface area contributed by atoms with Crippen LogP contribution < -0.4 is 5.32 Å². The Balaban J connectivity index is 1.65. The number of thiazole rings is 1. The number of rotatable bonds is 4. The third-order valence-electron chi connectivity index (χ3n) is 2.94. The van der Waals surface area contributed by atoms with Crippen molar-refractivity contribution in [2.75, 3.05) is 5.32 Å². The number of aromatic nitrogens is 1. The van der Waals surface area contributed by atoms with Gasteiger partial charge in [0.05, 0.1) is 17.0 Å². The van der Waals surface area contributed by atoms with E-state index in [1.165, 1.54) is 11.3 Å². The zero-order valence-corrected chi connectivity index (χ0v) is 13.1. The van der Waals surface area contributed by atoms with Gasteiger partial charge in [0.1, 0.15) is 5.01 Å². The first-order valence-corrected chi connectivity index (χ1v) is 8.31. The number of nitrogens with one attached hydrogen (secondary N) is 1. The maximum Gasteiger partial charge on any atom is 0.231 e. The second kappa shape index (κ2) is 6.20. The number of carbonyl (C=O) groups excluding carboxylic acids is 1. The van der Waals surface area contributed by atoms with Crippen LogP contribution in [-0.2, 0) is 11.2 Å². The lowest BCUT2D eigenvalue weighted by atomic mass is 10.2. The summed E-state index contributed by atoms with van der Waals surface area (Å²) in [6.45, 7) is 2.00. The van der Waals surface area contributed by atoms with Crippen molar-refractivity contribution in [1.29, 1.82) is 0 Å². The van der Waals surface area contributed by atoms with Gasteiger partial charge in [-0.2, -0.15) is 0 Å². The molecule has 5 heteroatoms. The van der Waals surface area contributed by atoms with Crippen LogP contribution in [-0.4, -0.2) is 10.9 Å². The molecule has 0 atom stereocenters. The molecule has 106 valence electrons. The minimum Gasteiger partial charge on any atom is -0.326 e. The molecule has 21 heavy (non-hydrogen) atoms. The van der Waals surface area contributed by atoms with E-state index in [0.29, 0.717) is 6.42 Å². The van der Waals surface area contributed by atoms with E-state index in [0.717, 1.165) is 26.8 Å². The molecule has 1 aromatic carbocycles. The highest BCUT2D eigenvalue weighted by Gasteiger charge is 2.10. The molecule has 0 aliphatic heterocycles. The van der Waals surface area contributed by atoms with Crippen molar-refractivity contribution in [3.8, 4) is 10.6 Å². The molecule has 0 radical (unpaired) electrons. The molecular weight excluding hydrogens is 300 g/mol. The first kappa shape index (κ1) is 14.0. The van der Waals surface area contributed by atoms with Crippen molar-refractivity contribution in [2.24, 2.45) is 0 Å². The highest BCUT2D eigenvalue weighted by atomic mass is 32.1. The van der Waals surface area contributed by atoms with E-state index < -0.39 is 0 Å². The zero-order valence-electron chi connectivity index (χ0n) is 11.5. The predicted octanol–water partition coefficient (Wildman–Crippen LogP) is 4.36. The largest absolute Gasteiger partial charge is 0.326 e.